The molecular formula is C18H15ClN2O4. The predicted octanol–water partition coefficient (Wildman–Crippen LogP) is 4.32. The van der Waals surface area contributed by atoms with Gasteiger partial charge in [-0.25, -0.2) is 4.79 Å². The minimum absolute atomic E-state index is 0.216. The van der Waals surface area contributed by atoms with Crippen LogP contribution in [0.5, 0.6) is 5.75 Å². The van der Waals surface area contributed by atoms with Crippen LogP contribution in [0, 0.1) is 0 Å². The number of carbonyl (C=O) groups is 1. The number of esters is 1. The first-order chi connectivity index (χ1) is 12.1. The SMILES string of the molecule is COc1ccc(-c2nnc([C@@H](C)OC(=O)c3ccc(Cl)cc3)o2)cc1. The van der Waals surface area contributed by atoms with Crippen LogP contribution in [0.3, 0.4) is 0 Å². The summed E-state index contributed by atoms with van der Waals surface area (Å²) < 4.78 is 16.1. The van der Waals surface area contributed by atoms with Gasteiger partial charge in [0.1, 0.15) is 5.75 Å². The third-order valence-corrected chi connectivity index (χ3v) is 3.74. The number of hydrogen-bond acceptors (Lipinski definition) is 6. The lowest BCUT2D eigenvalue weighted by molar-refractivity contribution is 0.0280. The molecule has 128 valence electrons. The number of methoxy groups -OCH3 is 1. The van der Waals surface area contributed by atoms with Gasteiger partial charge >= 0.3 is 5.97 Å². The molecule has 3 rings (SSSR count). The summed E-state index contributed by atoms with van der Waals surface area (Å²) in [7, 11) is 1.59. The molecule has 2 aromatic carbocycles. The molecule has 0 amide bonds. The van der Waals surface area contributed by atoms with E-state index in [0.717, 1.165) is 11.3 Å². The van der Waals surface area contributed by atoms with E-state index in [1.165, 1.54) is 0 Å². The molecule has 0 aliphatic carbocycles. The molecule has 7 heteroatoms. The van der Waals surface area contributed by atoms with Gasteiger partial charge in [0.25, 0.3) is 5.89 Å². The number of halogens is 1. The van der Waals surface area contributed by atoms with Gasteiger partial charge in [0.15, 0.2) is 6.10 Å². The van der Waals surface area contributed by atoms with Crippen molar-refractivity contribution >= 4 is 17.6 Å². The molecule has 0 spiro atoms. The number of hydrogen-bond donors (Lipinski definition) is 0. The minimum atomic E-state index is -0.678. The maximum atomic E-state index is 12.1. The highest BCUT2D eigenvalue weighted by molar-refractivity contribution is 6.30. The molecule has 0 radical (unpaired) electrons. The van der Waals surface area contributed by atoms with Crippen LogP contribution in [0.15, 0.2) is 52.9 Å². The molecule has 6 nitrogen and oxygen atoms in total. The van der Waals surface area contributed by atoms with E-state index in [1.807, 2.05) is 0 Å². The molecule has 1 atom stereocenters. The molecule has 0 bridgehead atoms. The van der Waals surface area contributed by atoms with Crippen LogP contribution in [-0.2, 0) is 4.74 Å². The quantitative estimate of drug-likeness (QED) is 0.632. The second-order valence-electron chi connectivity index (χ2n) is 5.23. The molecule has 1 heterocycles. The van der Waals surface area contributed by atoms with Crippen molar-refractivity contribution in [1.82, 2.24) is 10.2 Å². The molecule has 25 heavy (non-hydrogen) atoms. The Bertz CT molecular complexity index is 860. The lowest BCUT2D eigenvalue weighted by Crippen LogP contribution is -2.09. The summed E-state index contributed by atoms with van der Waals surface area (Å²) in [6.07, 6.45) is -0.678. The maximum absolute atomic E-state index is 12.1. The monoisotopic (exact) mass is 358 g/mol. The molecule has 3 aromatic rings. The van der Waals surface area contributed by atoms with Gasteiger partial charge < -0.3 is 13.9 Å². The van der Waals surface area contributed by atoms with E-state index in [9.17, 15) is 4.79 Å². The van der Waals surface area contributed by atoms with Gasteiger partial charge in [-0.15, -0.1) is 10.2 Å². The molecule has 1 aromatic heterocycles. The number of carbonyl (C=O) groups excluding carboxylic acids is 1. The Kier molecular flexibility index (Phi) is 5.00. The van der Waals surface area contributed by atoms with E-state index in [-0.39, 0.29) is 5.89 Å². The van der Waals surface area contributed by atoms with Crippen molar-refractivity contribution in [2.45, 2.75) is 13.0 Å². The van der Waals surface area contributed by atoms with Crippen LogP contribution in [0.1, 0.15) is 29.3 Å². The zero-order valence-electron chi connectivity index (χ0n) is 13.6. The van der Waals surface area contributed by atoms with Crippen LogP contribution in [0.25, 0.3) is 11.5 Å². The first kappa shape index (κ1) is 17.0. The van der Waals surface area contributed by atoms with Crippen molar-refractivity contribution in [2.24, 2.45) is 0 Å². The number of ether oxygens (including phenoxy) is 2. The summed E-state index contributed by atoms with van der Waals surface area (Å²) in [6.45, 7) is 1.67. The van der Waals surface area contributed by atoms with Crippen molar-refractivity contribution in [3.63, 3.8) is 0 Å². The average molecular weight is 359 g/mol. The Morgan fingerprint density at radius 3 is 2.40 bits per heavy atom. The Morgan fingerprint density at radius 1 is 1.08 bits per heavy atom. The van der Waals surface area contributed by atoms with Gasteiger partial charge in [-0.3, -0.25) is 0 Å². The van der Waals surface area contributed by atoms with E-state index < -0.39 is 12.1 Å². The predicted molar refractivity (Wildman–Crippen MR) is 91.6 cm³/mol. The van der Waals surface area contributed by atoms with Gasteiger partial charge in [0.2, 0.25) is 5.89 Å². The molecule has 0 fully saturated rings. The van der Waals surface area contributed by atoms with Crippen molar-refractivity contribution in [3.8, 4) is 17.2 Å². The van der Waals surface area contributed by atoms with E-state index in [4.69, 9.17) is 25.5 Å². The summed E-state index contributed by atoms with van der Waals surface area (Å²) in [4.78, 5) is 12.1. The van der Waals surface area contributed by atoms with Crippen LogP contribution in [0.2, 0.25) is 5.02 Å². The standard InChI is InChI=1S/C18H15ClN2O4/c1-11(24-18(22)13-3-7-14(19)8-4-13)16-20-21-17(25-16)12-5-9-15(23-2)10-6-12/h3-11H,1-2H3/t11-/m1/s1. The molecule has 0 unspecified atom stereocenters. The molecular weight excluding hydrogens is 344 g/mol. The summed E-state index contributed by atoms with van der Waals surface area (Å²) in [6, 6.07) is 13.6. The number of aromatic nitrogens is 2. The van der Waals surface area contributed by atoms with Crippen LogP contribution >= 0.6 is 11.6 Å². The van der Waals surface area contributed by atoms with E-state index in [1.54, 1.807) is 62.6 Å². The Hall–Kier alpha value is -2.86. The summed E-state index contributed by atoms with van der Waals surface area (Å²) >= 11 is 5.80. The lowest BCUT2D eigenvalue weighted by Gasteiger charge is -2.09. The summed E-state index contributed by atoms with van der Waals surface area (Å²) in [5.41, 5.74) is 1.14. The van der Waals surface area contributed by atoms with E-state index >= 15 is 0 Å². The molecule has 0 N–H and O–H groups in total. The van der Waals surface area contributed by atoms with Crippen molar-refractivity contribution in [1.29, 1.82) is 0 Å². The second kappa shape index (κ2) is 7.36. The minimum Gasteiger partial charge on any atom is -0.497 e. The first-order valence-electron chi connectivity index (χ1n) is 7.51. The van der Waals surface area contributed by atoms with E-state index in [0.29, 0.717) is 16.5 Å². The topological polar surface area (TPSA) is 74.5 Å². The fourth-order valence-corrected chi connectivity index (χ4v) is 2.24. The molecule has 0 aliphatic rings. The van der Waals surface area contributed by atoms with Crippen LogP contribution < -0.4 is 4.74 Å². The fraction of sp³-hybridized carbons (Fsp3) is 0.167. The Balaban J connectivity index is 1.70. The third-order valence-electron chi connectivity index (χ3n) is 3.49. The molecule has 0 aliphatic heterocycles. The Morgan fingerprint density at radius 2 is 1.76 bits per heavy atom. The highest BCUT2D eigenvalue weighted by Gasteiger charge is 2.20. The third kappa shape index (κ3) is 3.97. The number of benzene rings is 2. The van der Waals surface area contributed by atoms with Gasteiger partial charge in [0.05, 0.1) is 12.7 Å². The fourth-order valence-electron chi connectivity index (χ4n) is 2.11. The summed E-state index contributed by atoms with van der Waals surface area (Å²) in [5, 5.41) is 8.48. The normalized spacial score (nSPS) is 11.8. The van der Waals surface area contributed by atoms with Crippen molar-refractivity contribution in [2.75, 3.05) is 7.11 Å². The highest BCUT2D eigenvalue weighted by atomic mass is 35.5. The number of rotatable bonds is 5. The van der Waals surface area contributed by atoms with Crippen molar-refractivity contribution < 1.29 is 18.7 Å². The van der Waals surface area contributed by atoms with Crippen molar-refractivity contribution in [3.05, 3.63) is 65.0 Å². The van der Waals surface area contributed by atoms with E-state index in [2.05, 4.69) is 10.2 Å². The van der Waals surface area contributed by atoms with Gasteiger partial charge in [-0.2, -0.15) is 0 Å². The highest BCUT2D eigenvalue weighted by Crippen LogP contribution is 2.24. The smallest absolute Gasteiger partial charge is 0.338 e. The average Bonchev–Trinajstić information content (AvgIpc) is 3.12. The Labute approximate surface area is 149 Å². The second-order valence-corrected chi connectivity index (χ2v) is 5.66. The summed E-state index contributed by atoms with van der Waals surface area (Å²) in [5.74, 6) is 0.794. The van der Waals surface area contributed by atoms with Gasteiger partial charge in [-0.1, -0.05) is 11.6 Å². The van der Waals surface area contributed by atoms with Crippen LogP contribution in [-0.4, -0.2) is 23.3 Å². The first-order valence-corrected chi connectivity index (χ1v) is 7.89. The zero-order valence-corrected chi connectivity index (χ0v) is 14.4. The lowest BCUT2D eigenvalue weighted by atomic mass is 10.2. The molecule has 0 saturated heterocycles. The van der Waals surface area contributed by atoms with Gasteiger partial charge in [-0.05, 0) is 55.5 Å². The number of nitrogens with zero attached hydrogens (tertiary/aromatic N) is 2. The van der Waals surface area contributed by atoms with Gasteiger partial charge in [0, 0.05) is 10.6 Å². The largest absolute Gasteiger partial charge is 0.497 e. The molecule has 0 saturated carbocycles. The maximum Gasteiger partial charge on any atom is 0.338 e. The van der Waals surface area contributed by atoms with Crippen LogP contribution in [0.4, 0.5) is 0 Å². The zero-order chi connectivity index (χ0) is 17.8.